The molecular weight excluding hydrogens is 408 g/mol. The predicted molar refractivity (Wildman–Crippen MR) is 122 cm³/mol. The summed E-state index contributed by atoms with van der Waals surface area (Å²) >= 11 is 1.60. The molecule has 0 amide bonds. The summed E-state index contributed by atoms with van der Waals surface area (Å²) in [4.78, 5) is 20.7. The Morgan fingerprint density at radius 2 is 1.97 bits per heavy atom. The Labute approximate surface area is 186 Å². The van der Waals surface area contributed by atoms with Gasteiger partial charge < -0.3 is 5.11 Å². The number of aliphatic hydroxyl groups is 1. The van der Waals surface area contributed by atoms with Crippen LogP contribution in [0.15, 0.2) is 52.8 Å². The fourth-order valence-electron chi connectivity index (χ4n) is 5.26. The molecule has 5 heterocycles. The largest absolute Gasteiger partial charge is 0.388 e. The highest BCUT2D eigenvalue weighted by Gasteiger charge is 2.46. The van der Waals surface area contributed by atoms with Crippen molar-refractivity contribution in [3.63, 3.8) is 0 Å². The molecule has 2 bridgehead atoms. The van der Waals surface area contributed by atoms with Crippen molar-refractivity contribution in [3.8, 4) is 10.6 Å². The molecule has 2 unspecified atom stereocenters. The van der Waals surface area contributed by atoms with Gasteiger partial charge in [-0.05, 0) is 61.7 Å². The number of nitrogens with zero attached hydrogens (tertiary/aromatic N) is 4. The van der Waals surface area contributed by atoms with E-state index >= 15 is 0 Å². The van der Waals surface area contributed by atoms with Crippen LogP contribution in [0.4, 0.5) is 0 Å². The highest BCUT2D eigenvalue weighted by atomic mass is 32.1. The zero-order chi connectivity index (χ0) is 21.4. The third-order valence-corrected chi connectivity index (χ3v) is 7.67. The lowest BCUT2D eigenvalue weighted by Crippen LogP contribution is -2.59. The number of rotatable bonds is 5. The fourth-order valence-corrected chi connectivity index (χ4v) is 5.95. The summed E-state index contributed by atoms with van der Waals surface area (Å²) in [7, 11) is 0. The maximum Gasteiger partial charge on any atom is 0.266 e. The Morgan fingerprint density at radius 3 is 2.68 bits per heavy atom. The molecule has 1 N–H and O–H groups in total. The number of hydrogen-bond acceptors (Lipinski definition) is 6. The minimum absolute atomic E-state index is 0.162. The summed E-state index contributed by atoms with van der Waals surface area (Å²) in [6.45, 7) is 3.18. The van der Waals surface area contributed by atoms with Gasteiger partial charge in [0.2, 0.25) is 0 Å². The molecule has 2 aliphatic heterocycles. The second kappa shape index (κ2) is 8.30. The fraction of sp³-hybridized carbons (Fsp3) is 0.458. The standard InChI is InChI=1S/C24H28N4O2S/c1-17-5-3-11-25-21(17)15-27-18-6-2-7-19(27)14-24(30,13-18)16-28-23(29)10-9-20(26-28)22-8-4-12-31-22/h3-5,8-12,18-19,30H,2,6-7,13-16H2,1H3. The van der Waals surface area contributed by atoms with Gasteiger partial charge in [-0.25, -0.2) is 4.68 Å². The van der Waals surface area contributed by atoms with E-state index in [2.05, 4.69) is 28.0 Å². The molecule has 2 aliphatic rings. The van der Waals surface area contributed by atoms with Gasteiger partial charge in [0.05, 0.1) is 22.7 Å². The summed E-state index contributed by atoms with van der Waals surface area (Å²) < 4.78 is 1.46. The van der Waals surface area contributed by atoms with Crippen molar-refractivity contribution >= 4 is 11.3 Å². The molecule has 2 saturated heterocycles. The van der Waals surface area contributed by atoms with E-state index in [1.165, 1.54) is 16.7 Å². The monoisotopic (exact) mass is 436 g/mol. The highest BCUT2D eigenvalue weighted by Crippen LogP contribution is 2.40. The molecule has 31 heavy (non-hydrogen) atoms. The summed E-state index contributed by atoms with van der Waals surface area (Å²) in [5.41, 5.74) is 2.02. The van der Waals surface area contributed by atoms with Crippen LogP contribution in [0.2, 0.25) is 0 Å². The molecule has 0 saturated carbocycles. The molecule has 7 heteroatoms. The lowest BCUT2D eigenvalue weighted by atomic mass is 9.75. The van der Waals surface area contributed by atoms with Gasteiger partial charge in [-0.1, -0.05) is 18.6 Å². The number of pyridine rings is 1. The average molecular weight is 437 g/mol. The predicted octanol–water partition coefficient (Wildman–Crippen LogP) is 3.62. The summed E-state index contributed by atoms with van der Waals surface area (Å²) in [5.74, 6) is 0. The van der Waals surface area contributed by atoms with Crippen molar-refractivity contribution in [1.29, 1.82) is 0 Å². The molecule has 3 aromatic rings. The Morgan fingerprint density at radius 1 is 1.16 bits per heavy atom. The van der Waals surface area contributed by atoms with Crippen LogP contribution in [-0.2, 0) is 13.1 Å². The molecule has 0 aliphatic carbocycles. The molecule has 0 radical (unpaired) electrons. The summed E-state index contributed by atoms with van der Waals surface area (Å²) in [6, 6.07) is 12.0. The van der Waals surface area contributed by atoms with Crippen molar-refractivity contribution in [2.75, 3.05) is 0 Å². The van der Waals surface area contributed by atoms with Crippen LogP contribution < -0.4 is 5.56 Å². The minimum atomic E-state index is -0.920. The third kappa shape index (κ3) is 4.22. The van der Waals surface area contributed by atoms with E-state index < -0.39 is 5.60 Å². The molecule has 2 atom stereocenters. The zero-order valence-corrected chi connectivity index (χ0v) is 18.6. The number of aromatic nitrogens is 3. The first kappa shape index (κ1) is 20.5. The van der Waals surface area contributed by atoms with E-state index in [0.29, 0.717) is 24.9 Å². The van der Waals surface area contributed by atoms with Gasteiger partial charge >= 0.3 is 0 Å². The maximum absolute atomic E-state index is 12.5. The molecule has 0 aromatic carbocycles. The number of piperidine rings is 2. The van der Waals surface area contributed by atoms with Crippen LogP contribution in [0.5, 0.6) is 0 Å². The van der Waals surface area contributed by atoms with Crippen LogP contribution in [0, 0.1) is 6.92 Å². The number of thiophene rings is 1. The van der Waals surface area contributed by atoms with E-state index in [9.17, 15) is 9.90 Å². The van der Waals surface area contributed by atoms with Gasteiger partial charge in [-0.2, -0.15) is 5.10 Å². The van der Waals surface area contributed by atoms with Crippen molar-refractivity contribution in [2.45, 2.75) is 69.8 Å². The quantitative estimate of drug-likeness (QED) is 0.661. The zero-order valence-electron chi connectivity index (χ0n) is 17.8. The molecule has 0 spiro atoms. The SMILES string of the molecule is Cc1cccnc1CN1C2CCCC1CC(O)(Cn1nc(-c3cccs3)ccc1=O)C2. The summed E-state index contributed by atoms with van der Waals surface area (Å²) in [5, 5.41) is 18.2. The Kier molecular flexibility index (Phi) is 5.50. The van der Waals surface area contributed by atoms with Gasteiger partial charge in [0.15, 0.2) is 0 Å². The molecular formula is C24H28N4O2S. The highest BCUT2D eigenvalue weighted by molar-refractivity contribution is 7.13. The van der Waals surface area contributed by atoms with E-state index in [1.54, 1.807) is 23.5 Å². The molecule has 6 nitrogen and oxygen atoms in total. The Balaban J connectivity index is 1.37. The van der Waals surface area contributed by atoms with Gasteiger partial charge in [-0.15, -0.1) is 11.3 Å². The minimum Gasteiger partial charge on any atom is -0.388 e. The smallest absolute Gasteiger partial charge is 0.266 e. The Bertz CT molecular complexity index is 1100. The first-order chi connectivity index (χ1) is 15.0. The van der Waals surface area contributed by atoms with Crippen molar-refractivity contribution in [2.24, 2.45) is 0 Å². The van der Waals surface area contributed by atoms with Crippen LogP contribution in [0.25, 0.3) is 10.6 Å². The van der Waals surface area contributed by atoms with Crippen molar-refractivity contribution < 1.29 is 5.11 Å². The van der Waals surface area contributed by atoms with Crippen molar-refractivity contribution in [1.82, 2.24) is 19.7 Å². The second-order valence-corrected chi connectivity index (χ2v) is 9.95. The molecule has 2 fully saturated rings. The maximum atomic E-state index is 12.5. The third-order valence-electron chi connectivity index (χ3n) is 6.78. The van der Waals surface area contributed by atoms with E-state index in [0.717, 1.165) is 35.7 Å². The number of fused-ring (bicyclic) bond motifs is 2. The van der Waals surface area contributed by atoms with E-state index in [1.807, 2.05) is 29.8 Å². The van der Waals surface area contributed by atoms with E-state index in [4.69, 9.17) is 0 Å². The lowest BCUT2D eigenvalue weighted by molar-refractivity contribution is -0.105. The van der Waals surface area contributed by atoms with Gasteiger partial charge in [0.1, 0.15) is 5.69 Å². The number of hydrogen-bond donors (Lipinski definition) is 1. The van der Waals surface area contributed by atoms with Crippen LogP contribution in [0.1, 0.15) is 43.4 Å². The van der Waals surface area contributed by atoms with Crippen LogP contribution >= 0.6 is 11.3 Å². The second-order valence-electron chi connectivity index (χ2n) is 9.00. The van der Waals surface area contributed by atoms with Gasteiger partial charge in [-0.3, -0.25) is 14.7 Å². The van der Waals surface area contributed by atoms with Crippen molar-refractivity contribution in [3.05, 3.63) is 69.6 Å². The molecule has 162 valence electrons. The molecule has 5 rings (SSSR count). The Hall–Kier alpha value is -2.35. The topological polar surface area (TPSA) is 71.2 Å². The first-order valence-corrected chi connectivity index (χ1v) is 11.9. The normalized spacial score (nSPS) is 26.1. The number of aryl methyl sites for hydroxylation is 1. The summed E-state index contributed by atoms with van der Waals surface area (Å²) in [6.07, 6.45) is 6.51. The average Bonchev–Trinajstić information content (AvgIpc) is 3.27. The van der Waals surface area contributed by atoms with Crippen LogP contribution in [-0.4, -0.2) is 42.5 Å². The molecule has 3 aromatic heterocycles. The lowest BCUT2D eigenvalue weighted by Gasteiger charge is -2.52. The van der Waals surface area contributed by atoms with Crippen LogP contribution in [0.3, 0.4) is 0 Å². The van der Waals surface area contributed by atoms with E-state index in [-0.39, 0.29) is 12.1 Å². The van der Waals surface area contributed by atoms with Gasteiger partial charge in [0.25, 0.3) is 5.56 Å². The van der Waals surface area contributed by atoms with Gasteiger partial charge in [0, 0.05) is 30.9 Å². The first-order valence-electron chi connectivity index (χ1n) is 11.0.